The molecule has 0 saturated heterocycles. The number of allylic oxidation sites excluding steroid dienone is 1. The fourth-order valence-corrected chi connectivity index (χ4v) is 5.64. The van der Waals surface area contributed by atoms with Gasteiger partial charge in [-0.2, -0.15) is 0 Å². The van der Waals surface area contributed by atoms with Gasteiger partial charge >= 0.3 is 5.97 Å². The smallest absolute Gasteiger partial charge is 0.338 e. The minimum atomic E-state index is -0.829. The lowest BCUT2D eigenvalue weighted by Crippen LogP contribution is -2.39. The lowest BCUT2D eigenvalue weighted by Gasteiger charge is -2.25. The van der Waals surface area contributed by atoms with Crippen molar-refractivity contribution in [2.45, 2.75) is 19.9 Å². The van der Waals surface area contributed by atoms with Crippen LogP contribution in [0.3, 0.4) is 0 Å². The second kappa shape index (κ2) is 11.3. The molecule has 1 aliphatic rings. The first kappa shape index (κ1) is 27.6. The normalized spacial score (nSPS) is 14.8. The highest BCUT2D eigenvalue weighted by molar-refractivity contribution is 7.07. The van der Waals surface area contributed by atoms with Gasteiger partial charge in [-0.1, -0.05) is 29.5 Å². The molecule has 0 spiro atoms. The van der Waals surface area contributed by atoms with Gasteiger partial charge in [-0.05, 0) is 43.7 Å². The maximum absolute atomic E-state index is 13.8. The quantitative estimate of drug-likeness (QED) is 0.175. The Hall–Kier alpha value is -4.97. The van der Waals surface area contributed by atoms with E-state index in [2.05, 4.69) is 4.99 Å². The van der Waals surface area contributed by atoms with Gasteiger partial charge in [-0.25, -0.2) is 9.79 Å². The summed E-state index contributed by atoms with van der Waals surface area (Å²) in [6.45, 7) is 3.57. The largest absolute Gasteiger partial charge is 0.493 e. The number of aromatic nitrogens is 1. The van der Waals surface area contributed by atoms with E-state index in [4.69, 9.17) is 18.6 Å². The van der Waals surface area contributed by atoms with Gasteiger partial charge < -0.3 is 18.6 Å². The van der Waals surface area contributed by atoms with Crippen molar-refractivity contribution in [3.63, 3.8) is 0 Å². The number of fused-ring (bicyclic) bond motifs is 1. The summed E-state index contributed by atoms with van der Waals surface area (Å²) in [6.07, 6.45) is 1.58. The number of hydrogen-bond donors (Lipinski definition) is 0. The number of ether oxygens (including phenoxy) is 3. The molecule has 2 aromatic heterocycles. The van der Waals surface area contributed by atoms with Crippen molar-refractivity contribution in [3.05, 3.63) is 107 Å². The molecule has 12 heteroatoms. The lowest BCUT2D eigenvalue weighted by atomic mass is 9.95. The standard InChI is InChI=1S/C29H25N3O8S/c1-5-39-28(34)25-16(2)30-29-31(26(25)18-9-11-22(37-3)23(14-18)38-4)27(33)24(41-29)15-20-10-12-21(40-20)17-7-6-8-19(13-17)32(35)36/h6-15,26H,5H2,1-4H3/b24-15+/t26-/m0/s1. The van der Waals surface area contributed by atoms with E-state index < -0.39 is 16.9 Å². The van der Waals surface area contributed by atoms with Crippen LogP contribution in [0.4, 0.5) is 5.69 Å². The molecule has 0 aliphatic carbocycles. The van der Waals surface area contributed by atoms with E-state index in [0.29, 0.717) is 49.2 Å². The van der Waals surface area contributed by atoms with Gasteiger partial charge in [0.25, 0.3) is 11.2 Å². The van der Waals surface area contributed by atoms with Crippen molar-refractivity contribution in [2.75, 3.05) is 20.8 Å². The van der Waals surface area contributed by atoms with Crippen LogP contribution in [0.25, 0.3) is 17.4 Å². The molecule has 2 aromatic carbocycles. The zero-order valence-corrected chi connectivity index (χ0v) is 23.4. The second-order valence-electron chi connectivity index (χ2n) is 8.93. The lowest BCUT2D eigenvalue weighted by molar-refractivity contribution is -0.384. The Kier molecular flexibility index (Phi) is 7.58. The van der Waals surface area contributed by atoms with Gasteiger partial charge in [-0.3, -0.25) is 19.5 Å². The summed E-state index contributed by atoms with van der Waals surface area (Å²) in [4.78, 5) is 42.6. The molecule has 210 valence electrons. The summed E-state index contributed by atoms with van der Waals surface area (Å²) < 4.78 is 23.9. The van der Waals surface area contributed by atoms with E-state index in [1.54, 1.807) is 62.4 Å². The fraction of sp³-hybridized carbons (Fsp3) is 0.207. The van der Waals surface area contributed by atoms with Crippen LogP contribution in [-0.2, 0) is 9.53 Å². The van der Waals surface area contributed by atoms with Crippen LogP contribution in [-0.4, -0.2) is 36.3 Å². The highest BCUT2D eigenvalue weighted by Gasteiger charge is 2.34. The Bertz CT molecular complexity index is 1880. The number of furan rings is 1. The van der Waals surface area contributed by atoms with Crippen molar-refractivity contribution in [1.82, 2.24) is 4.57 Å². The summed E-state index contributed by atoms with van der Waals surface area (Å²) in [5.74, 6) is 1.15. The first-order chi connectivity index (χ1) is 19.7. The van der Waals surface area contributed by atoms with Crippen LogP contribution >= 0.6 is 11.3 Å². The molecule has 3 heterocycles. The molecule has 1 atom stereocenters. The molecule has 4 aromatic rings. The molecule has 1 aliphatic heterocycles. The molecule has 0 amide bonds. The number of thiazole rings is 1. The highest BCUT2D eigenvalue weighted by atomic mass is 32.1. The molecule has 0 fully saturated rings. The number of hydrogen-bond acceptors (Lipinski definition) is 10. The number of methoxy groups -OCH3 is 2. The third-order valence-electron chi connectivity index (χ3n) is 6.48. The summed E-state index contributed by atoms with van der Waals surface area (Å²) in [5.41, 5.74) is 1.38. The Morgan fingerprint density at radius 2 is 1.93 bits per heavy atom. The fourth-order valence-electron chi connectivity index (χ4n) is 4.62. The monoisotopic (exact) mass is 575 g/mol. The van der Waals surface area contributed by atoms with Crippen LogP contribution < -0.4 is 24.4 Å². The van der Waals surface area contributed by atoms with Gasteiger partial charge in [-0.15, -0.1) is 0 Å². The van der Waals surface area contributed by atoms with Crippen LogP contribution in [0, 0.1) is 10.1 Å². The molecule has 0 unspecified atom stereocenters. The molecule has 0 N–H and O–H groups in total. The van der Waals surface area contributed by atoms with Crippen LogP contribution in [0.5, 0.6) is 11.5 Å². The zero-order valence-electron chi connectivity index (χ0n) is 22.6. The average Bonchev–Trinajstić information content (AvgIpc) is 3.56. The van der Waals surface area contributed by atoms with E-state index in [0.717, 1.165) is 11.3 Å². The van der Waals surface area contributed by atoms with Crippen LogP contribution in [0.2, 0.25) is 0 Å². The second-order valence-corrected chi connectivity index (χ2v) is 9.94. The molecular weight excluding hydrogens is 550 g/mol. The first-order valence-corrected chi connectivity index (χ1v) is 13.3. The minimum Gasteiger partial charge on any atom is -0.493 e. The Balaban J connectivity index is 1.64. The predicted molar refractivity (Wildman–Crippen MR) is 151 cm³/mol. The Morgan fingerprint density at radius 3 is 2.63 bits per heavy atom. The number of nitrogens with zero attached hydrogens (tertiary/aromatic N) is 3. The number of nitro benzene ring substituents is 1. The Labute approximate surface area is 237 Å². The van der Waals surface area contributed by atoms with Gasteiger partial charge in [0.15, 0.2) is 16.3 Å². The van der Waals surface area contributed by atoms with Gasteiger partial charge in [0, 0.05) is 23.8 Å². The number of carbonyl (C=O) groups is 1. The summed E-state index contributed by atoms with van der Waals surface area (Å²) in [5, 5.41) is 11.2. The van der Waals surface area contributed by atoms with Crippen LogP contribution in [0.15, 0.2) is 80.1 Å². The Morgan fingerprint density at radius 1 is 1.15 bits per heavy atom. The summed E-state index contributed by atoms with van der Waals surface area (Å²) >= 11 is 1.15. The number of benzene rings is 2. The zero-order chi connectivity index (χ0) is 29.3. The third-order valence-corrected chi connectivity index (χ3v) is 7.46. The first-order valence-electron chi connectivity index (χ1n) is 12.5. The minimum absolute atomic E-state index is 0.0586. The number of non-ortho nitro benzene ring substituents is 1. The maximum Gasteiger partial charge on any atom is 0.338 e. The number of carbonyl (C=O) groups excluding carboxylic acids is 1. The highest BCUT2D eigenvalue weighted by Crippen LogP contribution is 2.36. The van der Waals surface area contributed by atoms with Crippen molar-refractivity contribution in [3.8, 4) is 22.8 Å². The predicted octanol–water partition coefficient (Wildman–Crippen LogP) is 3.98. The van der Waals surface area contributed by atoms with Crippen molar-refractivity contribution < 1.29 is 28.3 Å². The molecule has 41 heavy (non-hydrogen) atoms. The number of rotatable bonds is 8. The maximum atomic E-state index is 13.8. The van der Waals surface area contributed by atoms with Crippen molar-refractivity contribution in [2.24, 2.45) is 4.99 Å². The molecule has 0 saturated carbocycles. The van der Waals surface area contributed by atoms with E-state index in [9.17, 15) is 19.7 Å². The average molecular weight is 576 g/mol. The van der Waals surface area contributed by atoms with Crippen LogP contribution in [0.1, 0.15) is 31.2 Å². The van der Waals surface area contributed by atoms with E-state index >= 15 is 0 Å². The number of esters is 1. The summed E-state index contributed by atoms with van der Waals surface area (Å²) in [7, 11) is 3.03. The number of nitro groups is 1. The molecule has 0 bridgehead atoms. The van der Waals surface area contributed by atoms with E-state index in [1.807, 2.05) is 0 Å². The van der Waals surface area contributed by atoms with Gasteiger partial charge in [0.2, 0.25) is 0 Å². The molecule has 11 nitrogen and oxygen atoms in total. The van der Waals surface area contributed by atoms with Crippen molar-refractivity contribution in [1.29, 1.82) is 0 Å². The third kappa shape index (κ3) is 5.16. The van der Waals surface area contributed by atoms with Gasteiger partial charge in [0.1, 0.15) is 11.5 Å². The van der Waals surface area contributed by atoms with Crippen molar-refractivity contribution >= 4 is 29.1 Å². The van der Waals surface area contributed by atoms with Gasteiger partial charge in [0.05, 0.1) is 47.6 Å². The topological polar surface area (TPSA) is 135 Å². The molecule has 0 radical (unpaired) electrons. The van der Waals surface area contributed by atoms with E-state index in [1.165, 1.54) is 30.9 Å². The molecule has 5 rings (SSSR count). The SMILES string of the molecule is CCOC(=O)C1=C(C)N=c2s/c(=C/c3ccc(-c4cccc([N+](=O)[O-])c4)o3)c(=O)n2[C@H]1c1ccc(OC)c(OC)c1. The van der Waals surface area contributed by atoms with E-state index in [-0.39, 0.29) is 23.4 Å². The summed E-state index contributed by atoms with van der Waals surface area (Å²) in [6, 6.07) is 13.8. The molecular formula is C29H25N3O8S.